The summed E-state index contributed by atoms with van der Waals surface area (Å²) < 4.78 is 10.6. The third-order valence-corrected chi connectivity index (χ3v) is 5.15. The second kappa shape index (κ2) is 7.38. The predicted octanol–water partition coefficient (Wildman–Crippen LogP) is 2.77. The molecule has 1 aliphatic heterocycles. The van der Waals surface area contributed by atoms with E-state index in [9.17, 15) is 4.79 Å². The zero-order valence-corrected chi connectivity index (χ0v) is 15.7. The van der Waals surface area contributed by atoms with Crippen LogP contribution in [-0.4, -0.2) is 52.3 Å². The van der Waals surface area contributed by atoms with Gasteiger partial charge in [-0.2, -0.15) is 0 Å². The van der Waals surface area contributed by atoms with Crippen LogP contribution in [0.3, 0.4) is 0 Å². The van der Waals surface area contributed by atoms with Crippen molar-refractivity contribution in [3.05, 3.63) is 60.5 Å². The first-order valence-corrected chi connectivity index (χ1v) is 9.51. The number of amides is 1. The van der Waals surface area contributed by atoms with Gasteiger partial charge in [-0.1, -0.05) is 17.3 Å². The molecule has 0 aliphatic carbocycles. The molecule has 0 bridgehead atoms. The Kier molecular flexibility index (Phi) is 4.44. The number of nitrogens with zero attached hydrogens (tertiary/aromatic N) is 5. The topological polar surface area (TPSA) is 88.5 Å². The summed E-state index contributed by atoms with van der Waals surface area (Å²) >= 11 is 0. The Morgan fingerprint density at radius 1 is 0.966 bits per heavy atom. The van der Waals surface area contributed by atoms with E-state index in [4.69, 9.17) is 8.94 Å². The molecular formula is C21H19N5O3. The van der Waals surface area contributed by atoms with E-state index in [2.05, 4.69) is 20.3 Å². The lowest BCUT2D eigenvalue weighted by Crippen LogP contribution is -2.49. The number of piperazine rings is 1. The lowest BCUT2D eigenvalue weighted by Gasteiger charge is -2.35. The third kappa shape index (κ3) is 3.44. The van der Waals surface area contributed by atoms with E-state index in [-0.39, 0.29) is 12.3 Å². The van der Waals surface area contributed by atoms with Crippen LogP contribution in [0.5, 0.6) is 0 Å². The van der Waals surface area contributed by atoms with Gasteiger partial charge < -0.3 is 18.7 Å². The minimum atomic E-state index is 0.0583. The molecule has 1 amide bonds. The third-order valence-electron chi connectivity index (χ3n) is 5.15. The van der Waals surface area contributed by atoms with Crippen LogP contribution >= 0.6 is 0 Å². The highest BCUT2D eigenvalue weighted by Gasteiger charge is 2.24. The molecule has 0 spiro atoms. The summed E-state index contributed by atoms with van der Waals surface area (Å²) in [5, 5.41) is 13.5. The quantitative estimate of drug-likeness (QED) is 0.530. The number of benzene rings is 1. The number of carbonyl (C=O) groups excluding carboxylic acids is 1. The van der Waals surface area contributed by atoms with Crippen LogP contribution in [0, 0.1) is 0 Å². The second-order valence-electron chi connectivity index (χ2n) is 6.92. The van der Waals surface area contributed by atoms with Crippen molar-refractivity contribution in [1.29, 1.82) is 0 Å². The molecule has 5 rings (SSSR count). The van der Waals surface area contributed by atoms with Gasteiger partial charge in [0.05, 0.1) is 12.7 Å². The lowest BCUT2D eigenvalue weighted by molar-refractivity contribution is -0.130. The number of carbonyl (C=O) groups is 1. The molecule has 146 valence electrons. The molecule has 1 saturated heterocycles. The van der Waals surface area contributed by atoms with E-state index < -0.39 is 0 Å². The van der Waals surface area contributed by atoms with Gasteiger partial charge in [-0.3, -0.25) is 4.79 Å². The van der Waals surface area contributed by atoms with Gasteiger partial charge in [-0.25, -0.2) is 0 Å². The zero-order chi connectivity index (χ0) is 19.6. The van der Waals surface area contributed by atoms with E-state index in [1.807, 2.05) is 53.4 Å². The van der Waals surface area contributed by atoms with Gasteiger partial charge in [0.2, 0.25) is 5.91 Å². The fraction of sp³-hybridized carbons (Fsp3) is 0.238. The van der Waals surface area contributed by atoms with Crippen molar-refractivity contribution < 1.29 is 13.7 Å². The van der Waals surface area contributed by atoms with Gasteiger partial charge in [0, 0.05) is 31.6 Å². The Hall–Kier alpha value is -3.68. The van der Waals surface area contributed by atoms with E-state index in [0.29, 0.717) is 48.9 Å². The van der Waals surface area contributed by atoms with Crippen molar-refractivity contribution in [2.75, 3.05) is 31.1 Å². The van der Waals surface area contributed by atoms with Crippen molar-refractivity contribution in [2.45, 2.75) is 6.42 Å². The number of anilines is 1. The van der Waals surface area contributed by atoms with Crippen LogP contribution in [0.15, 0.2) is 63.7 Å². The number of furan rings is 1. The van der Waals surface area contributed by atoms with Gasteiger partial charge in [-0.05, 0) is 36.4 Å². The van der Waals surface area contributed by atoms with Gasteiger partial charge >= 0.3 is 0 Å². The van der Waals surface area contributed by atoms with Crippen LogP contribution in [0.1, 0.15) is 5.69 Å². The van der Waals surface area contributed by atoms with E-state index in [0.717, 1.165) is 11.2 Å². The van der Waals surface area contributed by atoms with Crippen molar-refractivity contribution in [2.24, 2.45) is 0 Å². The van der Waals surface area contributed by atoms with Crippen LogP contribution in [0.2, 0.25) is 0 Å². The molecule has 0 radical (unpaired) electrons. The van der Waals surface area contributed by atoms with Crippen molar-refractivity contribution in [1.82, 2.24) is 20.3 Å². The monoisotopic (exact) mass is 389 g/mol. The Morgan fingerprint density at radius 3 is 2.59 bits per heavy atom. The Bertz CT molecular complexity index is 1110. The molecule has 29 heavy (non-hydrogen) atoms. The zero-order valence-electron chi connectivity index (χ0n) is 15.7. The molecule has 0 unspecified atom stereocenters. The molecule has 1 aromatic carbocycles. The maximum absolute atomic E-state index is 12.7. The maximum atomic E-state index is 12.7. The van der Waals surface area contributed by atoms with Gasteiger partial charge in [0.1, 0.15) is 11.4 Å². The summed E-state index contributed by atoms with van der Waals surface area (Å²) in [6, 6.07) is 15.1. The van der Waals surface area contributed by atoms with Crippen molar-refractivity contribution in [3.63, 3.8) is 0 Å². The number of hydrogen-bond acceptors (Lipinski definition) is 7. The van der Waals surface area contributed by atoms with Gasteiger partial charge in [0.15, 0.2) is 17.2 Å². The first kappa shape index (κ1) is 17.4. The Balaban J connectivity index is 1.20. The maximum Gasteiger partial charge on any atom is 0.228 e. The molecule has 1 fully saturated rings. The highest BCUT2D eigenvalue weighted by atomic mass is 16.5. The lowest BCUT2D eigenvalue weighted by atomic mass is 10.1. The Morgan fingerprint density at radius 2 is 1.83 bits per heavy atom. The fourth-order valence-corrected chi connectivity index (χ4v) is 3.56. The molecule has 3 aromatic heterocycles. The molecule has 0 saturated carbocycles. The highest BCUT2D eigenvalue weighted by Crippen LogP contribution is 2.21. The summed E-state index contributed by atoms with van der Waals surface area (Å²) in [6.07, 6.45) is 1.86. The summed E-state index contributed by atoms with van der Waals surface area (Å²) in [7, 11) is 0. The molecule has 0 N–H and O–H groups in total. The molecule has 4 heterocycles. The summed E-state index contributed by atoms with van der Waals surface area (Å²) in [5.74, 6) is 1.55. The molecule has 8 heteroatoms. The summed E-state index contributed by atoms with van der Waals surface area (Å²) in [5.41, 5.74) is 2.09. The number of rotatable bonds is 4. The Labute approximate surface area is 166 Å². The number of hydrogen-bond donors (Lipinski definition) is 0. The minimum Gasteiger partial charge on any atom is -0.463 e. The molecule has 8 nitrogen and oxygen atoms in total. The number of para-hydroxylation sites is 1. The van der Waals surface area contributed by atoms with Crippen LogP contribution in [0.25, 0.3) is 22.4 Å². The first-order valence-electron chi connectivity index (χ1n) is 9.51. The average Bonchev–Trinajstić information content (AvgIpc) is 3.45. The molecule has 4 aromatic rings. The molecule has 0 atom stereocenters. The summed E-state index contributed by atoms with van der Waals surface area (Å²) in [4.78, 5) is 16.7. The SMILES string of the molecule is O=C(Cc1noc2ccccc12)N1CCN(c2ccc(-c3ccco3)nn2)CC1. The van der Waals surface area contributed by atoms with Crippen molar-refractivity contribution in [3.8, 4) is 11.5 Å². The molecule has 1 aliphatic rings. The fourth-order valence-electron chi connectivity index (χ4n) is 3.56. The van der Waals surface area contributed by atoms with Crippen LogP contribution in [0.4, 0.5) is 5.82 Å². The second-order valence-corrected chi connectivity index (χ2v) is 6.92. The standard InChI is InChI=1S/C21H19N5O3/c27-21(14-17-15-4-1-2-5-18(15)29-24-17)26-11-9-25(10-12-26)20-8-7-16(22-23-20)19-6-3-13-28-19/h1-8,13H,9-12,14H2. The normalized spacial score (nSPS) is 14.5. The molecular weight excluding hydrogens is 370 g/mol. The van der Waals surface area contributed by atoms with Crippen molar-refractivity contribution >= 4 is 22.7 Å². The first-order chi connectivity index (χ1) is 14.3. The minimum absolute atomic E-state index is 0.0583. The van der Waals surface area contributed by atoms with Gasteiger partial charge in [0.25, 0.3) is 0 Å². The van der Waals surface area contributed by atoms with E-state index in [1.165, 1.54) is 0 Å². The number of aromatic nitrogens is 3. The average molecular weight is 389 g/mol. The van der Waals surface area contributed by atoms with Crippen LogP contribution < -0.4 is 4.90 Å². The van der Waals surface area contributed by atoms with E-state index >= 15 is 0 Å². The number of fused-ring (bicyclic) bond motifs is 1. The highest BCUT2D eigenvalue weighted by molar-refractivity contribution is 5.86. The van der Waals surface area contributed by atoms with E-state index in [1.54, 1.807) is 6.26 Å². The van der Waals surface area contributed by atoms with Gasteiger partial charge in [-0.15, -0.1) is 10.2 Å². The van der Waals surface area contributed by atoms with Crippen LogP contribution in [-0.2, 0) is 11.2 Å². The predicted molar refractivity (Wildman–Crippen MR) is 106 cm³/mol. The largest absolute Gasteiger partial charge is 0.463 e. The summed E-state index contributed by atoms with van der Waals surface area (Å²) in [6.45, 7) is 2.69. The smallest absolute Gasteiger partial charge is 0.228 e.